The molecule has 0 spiro atoms. The van der Waals surface area contributed by atoms with E-state index in [1.54, 1.807) is 6.07 Å². The predicted octanol–water partition coefficient (Wildman–Crippen LogP) is 1.95. The maximum absolute atomic E-state index is 13.0. The molecule has 0 amide bonds. The lowest BCUT2D eigenvalue weighted by Gasteiger charge is -2.05. The summed E-state index contributed by atoms with van der Waals surface area (Å²) in [4.78, 5) is 0. The Kier molecular flexibility index (Phi) is 3.34. The molecule has 0 saturated carbocycles. The number of phenols is 1. The molecule has 1 heterocycles. The summed E-state index contributed by atoms with van der Waals surface area (Å²) in [5, 5.41) is 15.5. The van der Waals surface area contributed by atoms with Crippen LogP contribution in [0.15, 0.2) is 29.0 Å². The first-order valence-electron chi connectivity index (χ1n) is 4.93. The second-order valence-corrected chi connectivity index (χ2v) is 3.50. The Bertz CT molecular complexity index is 477. The van der Waals surface area contributed by atoms with Gasteiger partial charge < -0.3 is 14.9 Å². The molecule has 0 aliphatic heterocycles. The highest BCUT2D eigenvalue weighted by molar-refractivity contribution is 5.29. The number of aromatic nitrogens is 1. The van der Waals surface area contributed by atoms with Gasteiger partial charge >= 0.3 is 0 Å². The molecule has 1 aromatic heterocycles. The van der Waals surface area contributed by atoms with E-state index in [2.05, 4.69) is 15.0 Å². The molecule has 6 heteroatoms. The topological polar surface area (TPSA) is 58.3 Å². The molecule has 0 atom stereocenters. The molecule has 17 heavy (non-hydrogen) atoms. The van der Waals surface area contributed by atoms with Crippen molar-refractivity contribution in [2.24, 2.45) is 0 Å². The molecule has 4 nitrogen and oxygen atoms in total. The van der Waals surface area contributed by atoms with E-state index < -0.39 is 17.4 Å². The molecule has 90 valence electrons. The van der Waals surface area contributed by atoms with Crippen molar-refractivity contribution in [3.8, 4) is 5.75 Å². The maximum atomic E-state index is 13.0. The summed E-state index contributed by atoms with van der Waals surface area (Å²) in [6.07, 6.45) is 1.44. The lowest BCUT2D eigenvalue weighted by Crippen LogP contribution is -2.13. The van der Waals surface area contributed by atoms with Crippen molar-refractivity contribution in [1.82, 2.24) is 10.5 Å². The van der Waals surface area contributed by atoms with Crippen LogP contribution in [0, 0.1) is 11.6 Å². The molecular formula is C11H10F2N2O2. The Hall–Kier alpha value is -1.95. The number of phenolic OH excluding ortho intramolecular Hbond substituents is 1. The zero-order chi connectivity index (χ0) is 12.3. The quantitative estimate of drug-likeness (QED) is 0.857. The minimum atomic E-state index is -0.969. The van der Waals surface area contributed by atoms with Gasteiger partial charge in [0.05, 0.1) is 5.69 Å². The molecular weight excluding hydrogens is 230 g/mol. The fourth-order valence-electron chi connectivity index (χ4n) is 1.38. The number of hydrogen-bond acceptors (Lipinski definition) is 4. The van der Waals surface area contributed by atoms with Crippen LogP contribution in [0.4, 0.5) is 8.78 Å². The highest BCUT2D eigenvalue weighted by atomic mass is 19.1. The van der Waals surface area contributed by atoms with Crippen LogP contribution < -0.4 is 5.32 Å². The molecule has 0 unspecified atom stereocenters. The summed E-state index contributed by atoms with van der Waals surface area (Å²) >= 11 is 0. The summed E-state index contributed by atoms with van der Waals surface area (Å²) < 4.78 is 30.6. The van der Waals surface area contributed by atoms with Gasteiger partial charge in [-0.1, -0.05) is 5.16 Å². The van der Waals surface area contributed by atoms with Gasteiger partial charge in [-0.3, -0.25) is 0 Å². The van der Waals surface area contributed by atoms with Crippen molar-refractivity contribution in [3.63, 3.8) is 0 Å². The van der Waals surface area contributed by atoms with E-state index in [1.807, 2.05) is 0 Å². The van der Waals surface area contributed by atoms with Crippen LogP contribution >= 0.6 is 0 Å². The Morgan fingerprint density at radius 1 is 1.24 bits per heavy atom. The lowest BCUT2D eigenvalue weighted by molar-refractivity contribution is 0.394. The van der Waals surface area contributed by atoms with Gasteiger partial charge in [0.15, 0.2) is 17.4 Å². The van der Waals surface area contributed by atoms with Crippen LogP contribution in [0.1, 0.15) is 11.3 Å². The van der Waals surface area contributed by atoms with Crippen molar-refractivity contribution in [3.05, 3.63) is 47.4 Å². The summed E-state index contributed by atoms with van der Waals surface area (Å²) in [5.74, 6) is -2.89. The van der Waals surface area contributed by atoms with Crippen LogP contribution in [0.5, 0.6) is 5.75 Å². The van der Waals surface area contributed by atoms with Gasteiger partial charge in [-0.25, -0.2) is 8.78 Å². The van der Waals surface area contributed by atoms with Gasteiger partial charge in [-0.05, 0) is 17.7 Å². The van der Waals surface area contributed by atoms with E-state index >= 15 is 0 Å². The van der Waals surface area contributed by atoms with E-state index in [-0.39, 0.29) is 6.54 Å². The largest absolute Gasteiger partial charge is 0.503 e. The highest BCUT2D eigenvalue weighted by Crippen LogP contribution is 2.21. The normalized spacial score (nSPS) is 10.7. The first kappa shape index (κ1) is 11.5. The van der Waals surface area contributed by atoms with Gasteiger partial charge in [-0.15, -0.1) is 0 Å². The van der Waals surface area contributed by atoms with Crippen LogP contribution in [0.25, 0.3) is 0 Å². The van der Waals surface area contributed by atoms with Crippen molar-refractivity contribution < 1.29 is 18.4 Å². The monoisotopic (exact) mass is 240 g/mol. The average molecular weight is 240 g/mol. The third kappa shape index (κ3) is 2.79. The van der Waals surface area contributed by atoms with E-state index in [1.165, 1.54) is 6.26 Å². The maximum Gasteiger partial charge on any atom is 0.187 e. The second kappa shape index (κ2) is 4.92. The van der Waals surface area contributed by atoms with Crippen LogP contribution in [-0.2, 0) is 13.1 Å². The van der Waals surface area contributed by atoms with Gasteiger partial charge in [-0.2, -0.15) is 0 Å². The fourth-order valence-corrected chi connectivity index (χ4v) is 1.38. The summed E-state index contributed by atoms with van der Waals surface area (Å²) in [6.45, 7) is 0.696. The SMILES string of the molecule is Oc1c(F)cc(CNCc2ccon2)cc1F. The number of nitrogens with one attached hydrogen (secondary N) is 1. The molecule has 2 rings (SSSR count). The Labute approximate surface area is 95.9 Å². The smallest absolute Gasteiger partial charge is 0.187 e. The third-order valence-corrected chi connectivity index (χ3v) is 2.20. The number of rotatable bonds is 4. The van der Waals surface area contributed by atoms with Crippen LogP contribution in [0.3, 0.4) is 0 Å². The summed E-state index contributed by atoms with van der Waals surface area (Å²) in [6, 6.07) is 3.84. The van der Waals surface area contributed by atoms with Crippen LogP contribution in [0.2, 0.25) is 0 Å². The molecule has 2 aromatic rings. The van der Waals surface area contributed by atoms with E-state index in [0.717, 1.165) is 12.1 Å². The van der Waals surface area contributed by atoms with Gasteiger partial charge in [0.2, 0.25) is 0 Å². The Balaban J connectivity index is 1.95. The van der Waals surface area contributed by atoms with Crippen molar-refractivity contribution in [2.75, 3.05) is 0 Å². The zero-order valence-electron chi connectivity index (χ0n) is 8.78. The van der Waals surface area contributed by atoms with E-state index in [9.17, 15) is 8.78 Å². The number of aromatic hydroxyl groups is 1. The first-order valence-corrected chi connectivity index (χ1v) is 4.93. The predicted molar refractivity (Wildman–Crippen MR) is 55.1 cm³/mol. The van der Waals surface area contributed by atoms with Crippen molar-refractivity contribution in [1.29, 1.82) is 0 Å². The van der Waals surface area contributed by atoms with Gasteiger partial charge in [0, 0.05) is 19.2 Å². The second-order valence-electron chi connectivity index (χ2n) is 3.50. The minimum absolute atomic E-state index is 0.265. The molecule has 0 fully saturated rings. The molecule has 0 aliphatic carbocycles. The number of benzene rings is 1. The third-order valence-electron chi connectivity index (χ3n) is 2.20. The highest BCUT2D eigenvalue weighted by Gasteiger charge is 2.09. The van der Waals surface area contributed by atoms with E-state index in [0.29, 0.717) is 17.8 Å². The number of hydrogen-bond donors (Lipinski definition) is 2. The first-order chi connectivity index (χ1) is 8.16. The average Bonchev–Trinajstić information content (AvgIpc) is 2.79. The molecule has 1 aromatic carbocycles. The van der Waals surface area contributed by atoms with Gasteiger partial charge in [0.25, 0.3) is 0 Å². The molecule has 0 aliphatic rings. The molecule has 2 N–H and O–H groups in total. The molecule has 0 bridgehead atoms. The van der Waals surface area contributed by atoms with Crippen molar-refractivity contribution in [2.45, 2.75) is 13.1 Å². The van der Waals surface area contributed by atoms with Crippen molar-refractivity contribution >= 4 is 0 Å². The van der Waals surface area contributed by atoms with Crippen LogP contribution in [-0.4, -0.2) is 10.3 Å². The fraction of sp³-hybridized carbons (Fsp3) is 0.182. The summed E-state index contributed by atoms with van der Waals surface area (Å²) in [5.41, 5.74) is 1.10. The number of halogens is 2. The molecule has 0 radical (unpaired) electrons. The summed E-state index contributed by atoms with van der Waals surface area (Å²) in [7, 11) is 0. The Morgan fingerprint density at radius 3 is 2.53 bits per heavy atom. The van der Waals surface area contributed by atoms with E-state index in [4.69, 9.17) is 5.11 Å². The standard InChI is InChI=1S/C11H10F2N2O2/c12-9-3-7(4-10(13)11(9)16)5-14-6-8-1-2-17-15-8/h1-4,14,16H,5-6H2. The van der Waals surface area contributed by atoms with Gasteiger partial charge in [0.1, 0.15) is 6.26 Å². The lowest BCUT2D eigenvalue weighted by atomic mass is 10.2. The Morgan fingerprint density at radius 2 is 1.94 bits per heavy atom. The zero-order valence-corrected chi connectivity index (χ0v) is 8.78. The molecule has 0 saturated heterocycles. The number of nitrogens with zero attached hydrogens (tertiary/aromatic N) is 1. The minimum Gasteiger partial charge on any atom is -0.503 e.